The summed E-state index contributed by atoms with van der Waals surface area (Å²) < 4.78 is 39.0. The van der Waals surface area contributed by atoms with Gasteiger partial charge < -0.3 is 10.3 Å². The van der Waals surface area contributed by atoms with Crippen molar-refractivity contribution in [1.82, 2.24) is 9.55 Å². The molecule has 0 aliphatic rings. The lowest BCUT2D eigenvalue weighted by atomic mass is 10.2. The maximum atomic E-state index is 12.5. The number of anilines is 1. The Morgan fingerprint density at radius 2 is 1.75 bits per heavy atom. The monoisotopic (exact) mass is 335 g/mol. The third-order valence-corrected chi connectivity index (χ3v) is 3.54. The summed E-state index contributed by atoms with van der Waals surface area (Å²) in [6, 6.07) is 12.0. The summed E-state index contributed by atoms with van der Waals surface area (Å²) in [5.41, 5.74) is -1.72. The van der Waals surface area contributed by atoms with Crippen LogP contribution in [-0.4, -0.2) is 9.55 Å². The molecule has 1 aromatic carbocycles. The Balaban J connectivity index is 1.91. The van der Waals surface area contributed by atoms with E-state index in [1.54, 1.807) is 23.2 Å². The number of H-pyrrole nitrogens is 1. The van der Waals surface area contributed by atoms with Crippen LogP contribution in [0, 0.1) is 0 Å². The number of hydrogen-bond acceptors (Lipinski definition) is 3. The number of benzene rings is 1. The summed E-state index contributed by atoms with van der Waals surface area (Å²) in [7, 11) is 0. The Morgan fingerprint density at radius 3 is 2.46 bits per heavy atom. The topological polar surface area (TPSA) is 66.9 Å². The van der Waals surface area contributed by atoms with Crippen molar-refractivity contribution in [2.45, 2.75) is 12.8 Å². The van der Waals surface area contributed by atoms with Crippen LogP contribution in [0.3, 0.4) is 0 Å². The van der Waals surface area contributed by atoms with Crippen molar-refractivity contribution in [3.8, 4) is 0 Å². The highest BCUT2D eigenvalue weighted by Crippen LogP contribution is 2.26. The second-order valence-corrected chi connectivity index (χ2v) is 5.11. The van der Waals surface area contributed by atoms with Gasteiger partial charge in [0.15, 0.2) is 0 Å². The van der Waals surface area contributed by atoms with Crippen molar-refractivity contribution >= 4 is 16.6 Å². The third-order valence-electron chi connectivity index (χ3n) is 3.54. The molecule has 3 aromatic rings. The lowest BCUT2D eigenvalue weighted by Gasteiger charge is -2.12. The van der Waals surface area contributed by atoms with Crippen LogP contribution in [0.15, 0.2) is 58.1 Å². The number of hydrogen-bond donors (Lipinski definition) is 2. The maximum Gasteiger partial charge on any atom is 0.431 e. The van der Waals surface area contributed by atoms with Gasteiger partial charge in [0.05, 0.1) is 12.2 Å². The second-order valence-electron chi connectivity index (χ2n) is 5.11. The number of nitrogens with one attached hydrogen (secondary N) is 2. The van der Waals surface area contributed by atoms with Gasteiger partial charge in [-0.25, -0.2) is 0 Å². The molecule has 5 nitrogen and oxygen atoms in total. The van der Waals surface area contributed by atoms with Crippen LogP contribution in [0.2, 0.25) is 0 Å². The normalized spacial score (nSPS) is 11.6. The fourth-order valence-electron chi connectivity index (χ4n) is 2.35. The molecule has 2 N–H and O–H groups in total. The van der Waals surface area contributed by atoms with Crippen LogP contribution in [0.5, 0.6) is 0 Å². The Morgan fingerprint density at radius 1 is 1.00 bits per heavy atom. The summed E-state index contributed by atoms with van der Waals surface area (Å²) in [6.07, 6.45) is -4.62. The van der Waals surface area contributed by atoms with Gasteiger partial charge in [-0.1, -0.05) is 18.2 Å². The average molecular weight is 335 g/mol. The lowest BCUT2D eigenvalue weighted by Crippen LogP contribution is -2.26. The summed E-state index contributed by atoms with van der Waals surface area (Å²) in [5.74, 6) is 0. The Hall–Kier alpha value is -3.03. The minimum Gasteiger partial charge on any atom is -0.363 e. The molecule has 0 unspecified atom stereocenters. The molecular formula is C16H12F3N3O2. The minimum absolute atomic E-state index is 0.0470. The second kappa shape index (κ2) is 5.88. The molecule has 3 rings (SSSR count). The molecule has 2 aromatic heterocycles. The molecule has 0 saturated carbocycles. The number of aromatic nitrogens is 2. The van der Waals surface area contributed by atoms with Gasteiger partial charge in [-0.2, -0.15) is 13.2 Å². The van der Waals surface area contributed by atoms with E-state index < -0.39 is 17.4 Å². The maximum absolute atomic E-state index is 12.5. The van der Waals surface area contributed by atoms with Crippen molar-refractivity contribution in [2.75, 3.05) is 5.32 Å². The number of pyridine rings is 2. The molecule has 0 radical (unpaired) electrons. The van der Waals surface area contributed by atoms with E-state index >= 15 is 0 Å². The van der Waals surface area contributed by atoms with E-state index in [2.05, 4.69) is 5.32 Å². The zero-order valence-electron chi connectivity index (χ0n) is 12.2. The Labute approximate surface area is 133 Å². The zero-order valence-corrected chi connectivity index (χ0v) is 12.2. The van der Waals surface area contributed by atoms with Gasteiger partial charge in [0, 0.05) is 6.07 Å². The highest BCUT2D eigenvalue weighted by Gasteiger charge is 2.31. The van der Waals surface area contributed by atoms with Crippen LogP contribution >= 0.6 is 0 Å². The first-order valence-corrected chi connectivity index (χ1v) is 6.99. The molecule has 0 spiro atoms. The molecule has 0 fully saturated rings. The van der Waals surface area contributed by atoms with Crippen molar-refractivity contribution in [3.05, 3.63) is 74.9 Å². The smallest absolute Gasteiger partial charge is 0.363 e. The Bertz CT molecular complexity index is 1010. The number of para-hydroxylation sites is 1. The van der Waals surface area contributed by atoms with Gasteiger partial charge in [0.25, 0.3) is 11.1 Å². The molecule has 24 heavy (non-hydrogen) atoms. The van der Waals surface area contributed by atoms with E-state index in [-0.39, 0.29) is 17.9 Å². The molecule has 0 amide bonds. The highest BCUT2D eigenvalue weighted by atomic mass is 19.4. The first-order chi connectivity index (χ1) is 11.4. The number of aromatic amines is 1. The standard InChI is InChI=1S/C16H12F3N3O2/c17-16(18,19)13-7-6-11(15(24)21-13)20-9-22-12-4-2-1-3-10(12)5-8-14(22)23/h1-8,20H,9H2,(H,21,24). The SMILES string of the molecule is O=c1[nH]c(C(F)(F)F)ccc1NCn1c(=O)ccc2ccccc21. The summed E-state index contributed by atoms with van der Waals surface area (Å²) in [5, 5.41) is 3.53. The average Bonchev–Trinajstić information content (AvgIpc) is 2.54. The van der Waals surface area contributed by atoms with Crippen molar-refractivity contribution in [3.63, 3.8) is 0 Å². The number of alkyl halides is 3. The molecule has 124 valence electrons. The first kappa shape index (κ1) is 15.9. The third kappa shape index (κ3) is 3.03. The van der Waals surface area contributed by atoms with Crippen LogP contribution in [0.4, 0.5) is 18.9 Å². The van der Waals surface area contributed by atoms with E-state index in [0.29, 0.717) is 5.52 Å². The zero-order chi connectivity index (χ0) is 17.3. The van der Waals surface area contributed by atoms with Crippen LogP contribution in [-0.2, 0) is 12.8 Å². The van der Waals surface area contributed by atoms with E-state index in [1.807, 2.05) is 12.1 Å². The van der Waals surface area contributed by atoms with Gasteiger partial charge in [-0.3, -0.25) is 14.2 Å². The summed E-state index contributed by atoms with van der Waals surface area (Å²) >= 11 is 0. The quantitative estimate of drug-likeness (QED) is 0.773. The molecular weight excluding hydrogens is 323 g/mol. The number of fused-ring (bicyclic) bond motifs is 1. The Kier molecular flexibility index (Phi) is 3.88. The fraction of sp³-hybridized carbons (Fsp3) is 0.125. The molecule has 0 atom stereocenters. The van der Waals surface area contributed by atoms with Crippen LogP contribution < -0.4 is 16.4 Å². The molecule has 0 aliphatic heterocycles. The molecule has 8 heteroatoms. The van der Waals surface area contributed by atoms with Gasteiger partial charge in [0.1, 0.15) is 11.4 Å². The summed E-state index contributed by atoms with van der Waals surface area (Å²) in [4.78, 5) is 25.5. The lowest BCUT2D eigenvalue weighted by molar-refractivity contribution is -0.141. The van der Waals surface area contributed by atoms with E-state index in [0.717, 1.165) is 17.5 Å². The molecule has 0 aliphatic carbocycles. The predicted molar refractivity (Wildman–Crippen MR) is 83.9 cm³/mol. The van der Waals surface area contributed by atoms with Crippen molar-refractivity contribution < 1.29 is 13.2 Å². The number of nitrogens with zero attached hydrogens (tertiary/aromatic N) is 1. The van der Waals surface area contributed by atoms with Gasteiger partial charge in [-0.05, 0) is 29.7 Å². The largest absolute Gasteiger partial charge is 0.431 e. The van der Waals surface area contributed by atoms with E-state index in [9.17, 15) is 22.8 Å². The highest BCUT2D eigenvalue weighted by molar-refractivity contribution is 5.78. The van der Waals surface area contributed by atoms with E-state index in [4.69, 9.17) is 0 Å². The minimum atomic E-state index is -4.62. The van der Waals surface area contributed by atoms with Crippen molar-refractivity contribution in [2.24, 2.45) is 0 Å². The molecule has 0 saturated heterocycles. The van der Waals surface area contributed by atoms with Crippen LogP contribution in [0.25, 0.3) is 10.9 Å². The molecule has 2 heterocycles. The molecule has 0 bridgehead atoms. The van der Waals surface area contributed by atoms with Gasteiger partial charge in [0.2, 0.25) is 0 Å². The fourth-order valence-corrected chi connectivity index (χ4v) is 2.35. The van der Waals surface area contributed by atoms with E-state index in [1.165, 1.54) is 10.6 Å². The first-order valence-electron chi connectivity index (χ1n) is 6.99. The van der Waals surface area contributed by atoms with Crippen molar-refractivity contribution in [1.29, 1.82) is 0 Å². The van der Waals surface area contributed by atoms with Crippen LogP contribution in [0.1, 0.15) is 5.69 Å². The van der Waals surface area contributed by atoms with Gasteiger partial charge >= 0.3 is 6.18 Å². The predicted octanol–water partition coefficient (Wildman–Crippen LogP) is 2.78. The number of halogens is 3. The van der Waals surface area contributed by atoms with Gasteiger partial charge in [-0.15, -0.1) is 0 Å². The summed E-state index contributed by atoms with van der Waals surface area (Å²) in [6.45, 7) is -0.0470. The number of rotatable bonds is 3.